The Morgan fingerprint density at radius 3 is 2.65 bits per heavy atom. The van der Waals surface area contributed by atoms with Gasteiger partial charge in [-0.25, -0.2) is 4.98 Å². The summed E-state index contributed by atoms with van der Waals surface area (Å²) >= 11 is 1.54. The van der Waals surface area contributed by atoms with Gasteiger partial charge in [-0.1, -0.05) is 0 Å². The molecule has 2 aromatic heterocycles. The first-order valence-electron chi connectivity index (χ1n) is 7.80. The minimum Gasteiger partial charge on any atom is -0.372 e. The van der Waals surface area contributed by atoms with E-state index in [9.17, 15) is 4.79 Å². The molecule has 6 heteroatoms. The first-order chi connectivity index (χ1) is 11.2. The maximum Gasteiger partial charge on any atom is 0.275 e. The van der Waals surface area contributed by atoms with Crippen LogP contribution in [0.1, 0.15) is 29.0 Å². The van der Waals surface area contributed by atoms with Crippen molar-refractivity contribution in [2.45, 2.75) is 19.8 Å². The lowest BCUT2D eigenvalue weighted by Gasteiger charge is -2.17. The molecule has 1 aliphatic rings. The van der Waals surface area contributed by atoms with E-state index in [4.69, 9.17) is 0 Å². The number of carbonyl (C=O) groups excluding carboxylic acids is 1. The summed E-state index contributed by atoms with van der Waals surface area (Å²) < 4.78 is 1.94. The minimum atomic E-state index is -0.172. The fourth-order valence-electron chi connectivity index (χ4n) is 2.93. The zero-order valence-electron chi connectivity index (χ0n) is 13.0. The molecule has 4 rings (SSSR count). The Balaban J connectivity index is 1.49. The highest BCUT2D eigenvalue weighted by molar-refractivity contribution is 7.15. The highest BCUT2D eigenvalue weighted by atomic mass is 32.1. The van der Waals surface area contributed by atoms with Crippen molar-refractivity contribution >= 4 is 33.6 Å². The summed E-state index contributed by atoms with van der Waals surface area (Å²) in [5, 5.41) is 4.95. The third kappa shape index (κ3) is 2.70. The Labute approximate surface area is 138 Å². The van der Waals surface area contributed by atoms with Crippen LogP contribution in [0.15, 0.2) is 35.8 Å². The summed E-state index contributed by atoms with van der Waals surface area (Å²) in [5.74, 6) is -0.172. The SMILES string of the molecule is Cc1csc2nc(C(=O)Nc3ccc(N4CCCC4)cc3)cn12. The van der Waals surface area contributed by atoms with E-state index >= 15 is 0 Å². The zero-order chi connectivity index (χ0) is 15.8. The van der Waals surface area contributed by atoms with Gasteiger partial charge in [-0.3, -0.25) is 9.20 Å². The standard InChI is InChI=1S/C17H18N4OS/c1-12-11-23-17-19-15(10-21(12)17)16(22)18-13-4-6-14(7-5-13)20-8-2-3-9-20/h4-7,10-11H,2-3,8-9H2,1H3,(H,18,22). The summed E-state index contributed by atoms with van der Waals surface area (Å²) in [6.45, 7) is 4.25. The number of hydrogen-bond acceptors (Lipinski definition) is 4. The Kier molecular flexibility index (Phi) is 3.53. The lowest BCUT2D eigenvalue weighted by atomic mass is 10.2. The van der Waals surface area contributed by atoms with Crippen molar-refractivity contribution in [1.29, 1.82) is 0 Å². The second kappa shape index (κ2) is 5.70. The number of imidazole rings is 1. The number of anilines is 2. The minimum absolute atomic E-state index is 0.172. The molecular weight excluding hydrogens is 308 g/mol. The van der Waals surface area contributed by atoms with E-state index in [0.29, 0.717) is 5.69 Å². The van der Waals surface area contributed by atoms with Gasteiger partial charge in [-0.2, -0.15) is 0 Å². The van der Waals surface area contributed by atoms with Crippen LogP contribution in [0, 0.1) is 6.92 Å². The normalized spacial score (nSPS) is 14.6. The molecule has 1 N–H and O–H groups in total. The Hall–Kier alpha value is -2.34. The molecule has 0 aliphatic carbocycles. The van der Waals surface area contributed by atoms with E-state index in [2.05, 4.69) is 27.3 Å². The molecule has 1 aromatic carbocycles. The summed E-state index contributed by atoms with van der Waals surface area (Å²) in [5.41, 5.74) is 3.56. The van der Waals surface area contributed by atoms with Crippen LogP contribution < -0.4 is 10.2 Å². The summed E-state index contributed by atoms with van der Waals surface area (Å²) in [7, 11) is 0. The van der Waals surface area contributed by atoms with Gasteiger partial charge < -0.3 is 10.2 Å². The summed E-state index contributed by atoms with van der Waals surface area (Å²) in [6.07, 6.45) is 4.31. The molecular formula is C17H18N4OS. The molecule has 23 heavy (non-hydrogen) atoms. The van der Waals surface area contributed by atoms with Crippen molar-refractivity contribution < 1.29 is 4.79 Å². The monoisotopic (exact) mass is 326 g/mol. The van der Waals surface area contributed by atoms with Crippen molar-refractivity contribution in [1.82, 2.24) is 9.38 Å². The highest BCUT2D eigenvalue weighted by Gasteiger charge is 2.14. The molecule has 0 atom stereocenters. The third-order valence-corrected chi connectivity index (χ3v) is 5.18. The molecule has 1 fully saturated rings. The van der Waals surface area contributed by atoms with Crippen molar-refractivity contribution in [3.8, 4) is 0 Å². The average molecular weight is 326 g/mol. The van der Waals surface area contributed by atoms with Crippen LogP contribution in [0.3, 0.4) is 0 Å². The number of hydrogen-bond donors (Lipinski definition) is 1. The van der Waals surface area contributed by atoms with Gasteiger partial charge in [-0.05, 0) is 44.0 Å². The van der Waals surface area contributed by atoms with Gasteiger partial charge in [0.05, 0.1) is 0 Å². The van der Waals surface area contributed by atoms with Crippen molar-refractivity contribution in [2.24, 2.45) is 0 Å². The van der Waals surface area contributed by atoms with E-state index < -0.39 is 0 Å². The molecule has 0 spiro atoms. The average Bonchev–Trinajstić information content (AvgIpc) is 3.27. The third-order valence-electron chi connectivity index (χ3n) is 4.22. The van der Waals surface area contributed by atoms with Gasteiger partial charge in [0, 0.05) is 41.7 Å². The Morgan fingerprint density at radius 2 is 1.96 bits per heavy atom. The number of thiazole rings is 1. The number of rotatable bonds is 3. The van der Waals surface area contributed by atoms with Gasteiger partial charge in [0.25, 0.3) is 5.91 Å². The largest absolute Gasteiger partial charge is 0.372 e. The molecule has 0 unspecified atom stereocenters. The molecule has 5 nitrogen and oxygen atoms in total. The zero-order valence-corrected chi connectivity index (χ0v) is 13.8. The van der Waals surface area contributed by atoms with Crippen LogP contribution in [0.5, 0.6) is 0 Å². The number of benzene rings is 1. The predicted molar refractivity (Wildman–Crippen MR) is 93.6 cm³/mol. The Morgan fingerprint density at radius 1 is 1.22 bits per heavy atom. The molecule has 118 valence electrons. The van der Waals surface area contributed by atoms with Crippen LogP contribution in [-0.4, -0.2) is 28.4 Å². The highest BCUT2D eigenvalue weighted by Crippen LogP contribution is 2.22. The predicted octanol–water partition coefficient (Wildman–Crippen LogP) is 3.56. The van der Waals surface area contributed by atoms with Gasteiger partial charge >= 0.3 is 0 Å². The maximum atomic E-state index is 12.3. The fourth-order valence-corrected chi connectivity index (χ4v) is 3.78. The Bertz CT molecular complexity index is 843. The van der Waals surface area contributed by atoms with Crippen LogP contribution >= 0.6 is 11.3 Å². The summed E-state index contributed by atoms with van der Waals surface area (Å²) in [4.78, 5) is 19.9. The van der Waals surface area contributed by atoms with E-state index in [-0.39, 0.29) is 5.91 Å². The lowest BCUT2D eigenvalue weighted by molar-refractivity contribution is 0.102. The molecule has 0 bridgehead atoms. The molecule has 3 aromatic rings. The first-order valence-corrected chi connectivity index (χ1v) is 8.68. The maximum absolute atomic E-state index is 12.3. The topological polar surface area (TPSA) is 49.6 Å². The lowest BCUT2D eigenvalue weighted by Crippen LogP contribution is -2.17. The van der Waals surface area contributed by atoms with Gasteiger partial charge in [-0.15, -0.1) is 11.3 Å². The van der Waals surface area contributed by atoms with E-state index in [1.807, 2.05) is 28.8 Å². The van der Waals surface area contributed by atoms with Crippen LogP contribution in [0.2, 0.25) is 0 Å². The quantitative estimate of drug-likeness (QED) is 0.801. The molecule has 0 saturated carbocycles. The van der Waals surface area contributed by atoms with E-state index in [1.165, 1.54) is 18.5 Å². The van der Waals surface area contributed by atoms with Crippen LogP contribution in [-0.2, 0) is 0 Å². The number of aryl methyl sites for hydroxylation is 1. The van der Waals surface area contributed by atoms with E-state index in [1.54, 1.807) is 17.5 Å². The molecule has 1 aliphatic heterocycles. The van der Waals surface area contributed by atoms with Crippen molar-refractivity contribution in [2.75, 3.05) is 23.3 Å². The first kappa shape index (κ1) is 14.3. The number of carbonyl (C=O) groups is 1. The number of fused-ring (bicyclic) bond motifs is 1. The smallest absolute Gasteiger partial charge is 0.275 e. The molecule has 0 radical (unpaired) electrons. The molecule has 3 heterocycles. The molecule has 1 saturated heterocycles. The number of nitrogens with zero attached hydrogens (tertiary/aromatic N) is 3. The van der Waals surface area contributed by atoms with Gasteiger partial charge in [0.1, 0.15) is 5.69 Å². The van der Waals surface area contributed by atoms with Crippen LogP contribution in [0.25, 0.3) is 4.96 Å². The van der Waals surface area contributed by atoms with Crippen molar-refractivity contribution in [3.05, 3.63) is 47.2 Å². The summed E-state index contributed by atoms with van der Waals surface area (Å²) in [6, 6.07) is 8.04. The van der Waals surface area contributed by atoms with Crippen LogP contribution in [0.4, 0.5) is 11.4 Å². The number of aromatic nitrogens is 2. The van der Waals surface area contributed by atoms with Gasteiger partial charge in [0.2, 0.25) is 0 Å². The fraction of sp³-hybridized carbons (Fsp3) is 0.294. The second-order valence-corrected chi connectivity index (χ2v) is 6.69. The molecule has 1 amide bonds. The number of amides is 1. The second-order valence-electron chi connectivity index (χ2n) is 5.85. The van der Waals surface area contributed by atoms with Crippen molar-refractivity contribution in [3.63, 3.8) is 0 Å². The number of nitrogens with one attached hydrogen (secondary N) is 1. The van der Waals surface area contributed by atoms with E-state index in [0.717, 1.165) is 29.4 Å². The van der Waals surface area contributed by atoms with Gasteiger partial charge in [0.15, 0.2) is 4.96 Å².